The molecule has 0 aliphatic heterocycles. The minimum Gasteiger partial charge on any atom is -0.491 e. The quantitative estimate of drug-likeness (QED) is 0.401. The number of carbonyl (C=O) groups is 1. The minimum atomic E-state index is 0.160. The molecule has 0 aliphatic carbocycles. The predicted octanol–water partition coefficient (Wildman–Crippen LogP) is 5.36. The van der Waals surface area contributed by atoms with Crippen LogP contribution in [0.15, 0.2) is 42.5 Å². The molecule has 3 rings (SSSR count). The number of aromatic nitrogens is 2. The molecular weight excluding hydrogens is 386 g/mol. The number of para-hydroxylation sites is 2. The molecular formula is C26H35N3O2. The van der Waals surface area contributed by atoms with E-state index in [-0.39, 0.29) is 5.91 Å². The Balaban J connectivity index is 1.56. The number of carbonyl (C=O) groups excluding carboxylic acids is 1. The summed E-state index contributed by atoms with van der Waals surface area (Å²) in [5.74, 6) is 2.23. The SMILES string of the molecule is CCCC(=O)NCCCCCc1nc2ccccc2n1CCOc1cccc(C)c1C. The number of ether oxygens (including phenoxy) is 1. The van der Waals surface area contributed by atoms with Crippen LogP contribution in [0.5, 0.6) is 5.75 Å². The summed E-state index contributed by atoms with van der Waals surface area (Å²) >= 11 is 0. The highest BCUT2D eigenvalue weighted by Crippen LogP contribution is 2.22. The van der Waals surface area contributed by atoms with Crippen LogP contribution in [0.1, 0.15) is 56.0 Å². The number of unbranched alkanes of at least 4 members (excludes halogenated alkanes) is 2. The second-order valence-electron chi connectivity index (χ2n) is 8.13. The number of fused-ring (bicyclic) bond motifs is 1. The molecule has 31 heavy (non-hydrogen) atoms. The van der Waals surface area contributed by atoms with E-state index in [0.29, 0.717) is 13.0 Å². The summed E-state index contributed by atoms with van der Waals surface area (Å²) < 4.78 is 8.40. The summed E-state index contributed by atoms with van der Waals surface area (Å²) in [6, 6.07) is 14.5. The summed E-state index contributed by atoms with van der Waals surface area (Å²) in [6.07, 6.45) is 5.59. The van der Waals surface area contributed by atoms with Gasteiger partial charge in [-0.05, 0) is 62.4 Å². The highest BCUT2D eigenvalue weighted by Gasteiger charge is 2.11. The molecule has 1 amide bonds. The highest BCUT2D eigenvalue weighted by molar-refractivity contribution is 5.76. The van der Waals surface area contributed by atoms with Gasteiger partial charge in [0.25, 0.3) is 0 Å². The maximum absolute atomic E-state index is 11.5. The number of hydrogen-bond acceptors (Lipinski definition) is 3. The molecule has 3 aromatic rings. The fourth-order valence-electron chi connectivity index (χ4n) is 3.82. The number of nitrogens with one attached hydrogen (secondary N) is 1. The Morgan fingerprint density at radius 3 is 2.74 bits per heavy atom. The molecule has 0 saturated carbocycles. The number of hydrogen-bond donors (Lipinski definition) is 1. The Morgan fingerprint density at radius 2 is 1.90 bits per heavy atom. The summed E-state index contributed by atoms with van der Waals surface area (Å²) in [4.78, 5) is 16.4. The lowest BCUT2D eigenvalue weighted by Crippen LogP contribution is -2.23. The molecule has 0 bridgehead atoms. The molecule has 0 fully saturated rings. The second kappa shape index (κ2) is 11.5. The summed E-state index contributed by atoms with van der Waals surface area (Å²) in [6.45, 7) is 8.39. The summed E-state index contributed by atoms with van der Waals surface area (Å²) in [5, 5.41) is 2.99. The monoisotopic (exact) mass is 421 g/mol. The zero-order valence-electron chi connectivity index (χ0n) is 19.1. The van der Waals surface area contributed by atoms with E-state index >= 15 is 0 Å². The number of benzene rings is 2. The van der Waals surface area contributed by atoms with Gasteiger partial charge in [-0.25, -0.2) is 4.98 Å². The van der Waals surface area contributed by atoms with Gasteiger partial charge >= 0.3 is 0 Å². The number of nitrogens with zero attached hydrogens (tertiary/aromatic N) is 2. The molecule has 1 aromatic heterocycles. The lowest BCUT2D eigenvalue weighted by Gasteiger charge is -2.13. The van der Waals surface area contributed by atoms with Crippen molar-refractivity contribution >= 4 is 16.9 Å². The minimum absolute atomic E-state index is 0.160. The number of aryl methyl sites for hydroxylation is 2. The van der Waals surface area contributed by atoms with Crippen molar-refractivity contribution in [3.05, 3.63) is 59.4 Å². The fraction of sp³-hybridized carbons (Fsp3) is 0.462. The Morgan fingerprint density at radius 1 is 1.06 bits per heavy atom. The van der Waals surface area contributed by atoms with E-state index in [1.54, 1.807) is 0 Å². The zero-order valence-corrected chi connectivity index (χ0v) is 19.1. The van der Waals surface area contributed by atoms with E-state index in [0.717, 1.165) is 67.8 Å². The van der Waals surface area contributed by atoms with E-state index in [1.165, 1.54) is 11.1 Å². The Bertz CT molecular complexity index is 993. The first-order valence-electron chi connectivity index (χ1n) is 11.5. The first kappa shape index (κ1) is 22.9. The van der Waals surface area contributed by atoms with Crippen molar-refractivity contribution in [3.63, 3.8) is 0 Å². The third-order valence-electron chi connectivity index (χ3n) is 5.74. The van der Waals surface area contributed by atoms with Crippen molar-refractivity contribution in [1.29, 1.82) is 0 Å². The third kappa shape index (κ3) is 6.33. The van der Waals surface area contributed by atoms with Gasteiger partial charge in [0.05, 0.1) is 17.6 Å². The van der Waals surface area contributed by atoms with Crippen molar-refractivity contribution in [2.24, 2.45) is 0 Å². The fourth-order valence-corrected chi connectivity index (χ4v) is 3.82. The normalized spacial score (nSPS) is 11.1. The van der Waals surface area contributed by atoms with Crippen molar-refractivity contribution in [1.82, 2.24) is 14.9 Å². The first-order chi connectivity index (χ1) is 15.1. The van der Waals surface area contributed by atoms with Crippen LogP contribution in [0.4, 0.5) is 0 Å². The van der Waals surface area contributed by atoms with Crippen LogP contribution < -0.4 is 10.1 Å². The van der Waals surface area contributed by atoms with Crippen LogP contribution in [-0.4, -0.2) is 28.6 Å². The van der Waals surface area contributed by atoms with Crippen LogP contribution in [0.3, 0.4) is 0 Å². The molecule has 2 aromatic carbocycles. The number of amides is 1. The smallest absolute Gasteiger partial charge is 0.219 e. The van der Waals surface area contributed by atoms with Gasteiger partial charge in [0, 0.05) is 19.4 Å². The van der Waals surface area contributed by atoms with Gasteiger partial charge in [0.1, 0.15) is 18.2 Å². The molecule has 5 nitrogen and oxygen atoms in total. The lowest BCUT2D eigenvalue weighted by molar-refractivity contribution is -0.121. The average molecular weight is 422 g/mol. The van der Waals surface area contributed by atoms with Crippen LogP contribution in [0.2, 0.25) is 0 Å². The standard InChI is InChI=1S/C26H35N3O2/c1-4-11-26(30)27-17-9-5-6-16-25-28-22-13-7-8-14-23(22)29(25)18-19-31-24-15-10-12-20(2)21(24)3/h7-8,10,12-15H,4-6,9,11,16-19H2,1-3H3,(H,27,30). The molecule has 0 aliphatic rings. The maximum Gasteiger partial charge on any atom is 0.219 e. The lowest BCUT2D eigenvalue weighted by atomic mass is 10.1. The topological polar surface area (TPSA) is 56.2 Å². The Hall–Kier alpha value is -2.82. The van der Waals surface area contributed by atoms with Gasteiger partial charge in [-0.1, -0.05) is 37.6 Å². The highest BCUT2D eigenvalue weighted by atomic mass is 16.5. The zero-order chi connectivity index (χ0) is 22.1. The first-order valence-corrected chi connectivity index (χ1v) is 11.5. The summed E-state index contributed by atoms with van der Waals surface area (Å²) in [7, 11) is 0. The maximum atomic E-state index is 11.5. The van der Waals surface area contributed by atoms with E-state index in [2.05, 4.69) is 48.0 Å². The van der Waals surface area contributed by atoms with Gasteiger partial charge in [0.2, 0.25) is 5.91 Å². The molecule has 0 unspecified atom stereocenters. The molecule has 0 spiro atoms. The van der Waals surface area contributed by atoms with E-state index < -0.39 is 0 Å². The van der Waals surface area contributed by atoms with Gasteiger partial charge < -0.3 is 14.6 Å². The predicted molar refractivity (Wildman–Crippen MR) is 127 cm³/mol. The van der Waals surface area contributed by atoms with Gasteiger partial charge in [-0.2, -0.15) is 0 Å². The van der Waals surface area contributed by atoms with Crippen molar-refractivity contribution in [3.8, 4) is 5.75 Å². The number of imidazole rings is 1. The molecule has 1 heterocycles. The van der Waals surface area contributed by atoms with Gasteiger partial charge in [0.15, 0.2) is 0 Å². The van der Waals surface area contributed by atoms with Crippen LogP contribution in [0, 0.1) is 13.8 Å². The molecule has 0 atom stereocenters. The van der Waals surface area contributed by atoms with Gasteiger partial charge in [-0.3, -0.25) is 4.79 Å². The van der Waals surface area contributed by atoms with Crippen LogP contribution >= 0.6 is 0 Å². The number of rotatable bonds is 12. The molecule has 1 N–H and O–H groups in total. The summed E-state index contributed by atoms with van der Waals surface area (Å²) in [5.41, 5.74) is 4.64. The van der Waals surface area contributed by atoms with Crippen LogP contribution in [0.25, 0.3) is 11.0 Å². The molecule has 5 heteroatoms. The largest absolute Gasteiger partial charge is 0.491 e. The second-order valence-corrected chi connectivity index (χ2v) is 8.13. The molecule has 166 valence electrons. The Labute approximate surface area is 185 Å². The van der Waals surface area contributed by atoms with Crippen LogP contribution in [-0.2, 0) is 17.8 Å². The third-order valence-corrected chi connectivity index (χ3v) is 5.74. The Kier molecular flexibility index (Phi) is 8.51. The molecule has 0 radical (unpaired) electrons. The van der Waals surface area contributed by atoms with E-state index in [4.69, 9.17) is 9.72 Å². The average Bonchev–Trinajstić information content (AvgIpc) is 3.11. The van der Waals surface area contributed by atoms with E-state index in [1.807, 2.05) is 25.1 Å². The van der Waals surface area contributed by atoms with Crippen molar-refractivity contribution in [2.75, 3.05) is 13.2 Å². The molecule has 0 saturated heterocycles. The van der Waals surface area contributed by atoms with Crippen molar-refractivity contribution in [2.45, 2.75) is 65.8 Å². The van der Waals surface area contributed by atoms with Crippen molar-refractivity contribution < 1.29 is 9.53 Å². The van der Waals surface area contributed by atoms with E-state index in [9.17, 15) is 4.79 Å². The van der Waals surface area contributed by atoms with Gasteiger partial charge in [-0.15, -0.1) is 0 Å².